The fourth-order valence-electron chi connectivity index (χ4n) is 0.561. The molecule has 0 bridgehead atoms. The summed E-state index contributed by atoms with van der Waals surface area (Å²) in [4.78, 5) is 9.51. The summed E-state index contributed by atoms with van der Waals surface area (Å²) in [5, 5.41) is 19.2. The summed E-state index contributed by atoms with van der Waals surface area (Å²) in [5.74, 6) is -0.485. The molecule has 0 atom stereocenters. The van der Waals surface area contributed by atoms with Crippen LogP contribution in [0.15, 0.2) is 49.1 Å². The van der Waals surface area contributed by atoms with Crippen molar-refractivity contribution >= 4 is 0 Å². The van der Waals surface area contributed by atoms with E-state index in [9.17, 15) is 10.1 Å². The second kappa shape index (κ2) is 5.58. The minimum Gasteiger partial charge on any atom is -0.505 e. The lowest BCUT2D eigenvalue weighted by Gasteiger charge is -2.05. The zero-order chi connectivity index (χ0) is 11.1. The largest absolute Gasteiger partial charge is 0.505 e. The minimum atomic E-state index is -0.694. The number of aliphatic hydroxyl groups excluding tert-OH is 1. The van der Waals surface area contributed by atoms with E-state index in [-0.39, 0.29) is 18.1 Å². The van der Waals surface area contributed by atoms with Crippen LogP contribution in [0.1, 0.15) is 0 Å². The van der Waals surface area contributed by atoms with Crippen LogP contribution in [0, 0.1) is 10.1 Å². The van der Waals surface area contributed by atoms with Crippen LogP contribution in [0.5, 0.6) is 0 Å². The number of aliphatic hydroxyl groups is 1. The summed E-state index contributed by atoms with van der Waals surface area (Å²) < 4.78 is 4.90. The molecule has 0 aromatic carbocycles. The van der Waals surface area contributed by atoms with E-state index < -0.39 is 10.7 Å². The molecule has 0 unspecified atom stereocenters. The van der Waals surface area contributed by atoms with E-state index in [1.807, 2.05) is 0 Å². The van der Waals surface area contributed by atoms with Gasteiger partial charge in [-0.25, -0.2) is 0 Å². The van der Waals surface area contributed by atoms with Crippen molar-refractivity contribution in [3.8, 4) is 0 Å². The Labute approximate surface area is 81.5 Å². The third-order valence-electron chi connectivity index (χ3n) is 1.17. The normalized spacial score (nSPS) is 10.4. The Bertz CT molecular complexity index is 304. The minimum absolute atomic E-state index is 0.0911. The zero-order valence-electron chi connectivity index (χ0n) is 7.60. The van der Waals surface area contributed by atoms with E-state index in [4.69, 9.17) is 9.84 Å². The SMILES string of the molecule is C=CCO/C(=C/C(=C)[N+](=O)[O-])C(=C)O. The number of hydrogen-bond acceptors (Lipinski definition) is 4. The van der Waals surface area contributed by atoms with Gasteiger partial charge in [0, 0.05) is 0 Å². The van der Waals surface area contributed by atoms with Crippen molar-refractivity contribution in [1.29, 1.82) is 0 Å². The number of nitrogens with zero attached hydrogens (tertiary/aromatic N) is 1. The summed E-state index contributed by atoms with van der Waals surface area (Å²) in [6, 6.07) is 0. The van der Waals surface area contributed by atoms with Gasteiger partial charge in [-0.2, -0.15) is 0 Å². The first-order valence-corrected chi connectivity index (χ1v) is 3.66. The lowest BCUT2D eigenvalue weighted by Crippen LogP contribution is -2.00. The van der Waals surface area contributed by atoms with Crippen molar-refractivity contribution in [2.45, 2.75) is 0 Å². The van der Waals surface area contributed by atoms with Gasteiger partial charge in [-0.1, -0.05) is 19.2 Å². The van der Waals surface area contributed by atoms with Gasteiger partial charge in [0.15, 0.2) is 11.5 Å². The standard InChI is InChI=1S/C9H11NO4/c1-4-5-14-9(8(3)11)6-7(2)10(12)13/h4,6,11H,1-3,5H2/b9-6+. The molecule has 0 saturated carbocycles. The molecule has 0 radical (unpaired) electrons. The van der Waals surface area contributed by atoms with Crippen molar-refractivity contribution in [3.05, 3.63) is 59.2 Å². The molecule has 1 N–H and O–H groups in total. The molecule has 5 nitrogen and oxygen atoms in total. The first-order valence-electron chi connectivity index (χ1n) is 3.66. The molecule has 0 aliphatic rings. The van der Waals surface area contributed by atoms with Gasteiger partial charge in [0.2, 0.25) is 0 Å². The fraction of sp³-hybridized carbons (Fsp3) is 0.111. The third-order valence-corrected chi connectivity index (χ3v) is 1.17. The molecule has 0 aliphatic carbocycles. The molecular formula is C9H11NO4. The van der Waals surface area contributed by atoms with Crippen LogP contribution in [0.2, 0.25) is 0 Å². The summed E-state index contributed by atoms with van der Waals surface area (Å²) in [6.45, 7) is 9.84. The van der Waals surface area contributed by atoms with Gasteiger partial charge in [0.05, 0.1) is 11.0 Å². The molecule has 0 aliphatic heterocycles. The molecular weight excluding hydrogens is 186 g/mol. The summed E-state index contributed by atoms with van der Waals surface area (Å²) in [7, 11) is 0. The molecule has 14 heavy (non-hydrogen) atoms. The highest BCUT2D eigenvalue weighted by molar-refractivity contribution is 5.23. The molecule has 0 amide bonds. The maximum Gasteiger partial charge on any atom is 0.266 e. The molecule has 0 saturated heterocycles. The van der Waals surface area contributed by atoms with Crippen LogP contribution < -0.4 is 0 Å². The average molecular weight is 197 g/mol. The van der Waals surface area contributed by atoms with E-state index >= 15 is 0 Å². The zero-order valence-corrected chi connectivity index (χ0v) is 7.60. The molecule has 0 aromatic heterocycles. The quantitative estimate of drug-likeness (QED) is 0.232. The topological polar surface area (TPSA) is 72.6 Å². The highest BCUT2D eigenvalue weighted by atomic mass is 16.6. The molecule has 76 valence electrons. The van der Waals surface area contributed by atoms with E-state index in [1.165, 1.54) is 6.08 Å². The Hall–Kier alpha value is -2.04. The number of nitro groups is 1. The second-order valence-electron chi connectivity index (χ2n) is 2.30. The Morgan fingerprint density at radius 2 is 2.14 bits per heavy atom. The van der Waals surface area contributed by atoms with E-state index in [1.54, 1.807) is 0 Å². The number of hydrogen-bond donors (Lipinski definition) is 1. The van der Waals surface area contributed by atoms with Gasteiger partial charge >= 0.3 is 0 Å². The molecule has 0 heterocycles. The highest BCUT2D eigenvalue weighted by Gasteiger charge is 2.08. The van der Waals surface area contributed by atoms with Crippen LogP contribution in [0.25, 0.3) is 0 Å². The maximum atomic E-state index is 10.2. The molecule has 5 heteroatoms. The van der Waals surface area contributed by atoms with Crippen molar-refractivity contribution in [3.63, 3.8) is 0 Å². The van der Waals surface area contributed by atoms with Gasteiger partial charge in [0.1, 0.15) is 6.61 Å². The van der Waals surface area contributed by atoms with E-state index in [2.05, 4.69) is 19.7 Å². The smallest absolute Gasteiger partial charge is 0.266 e. The van der Waals surface area contributed by atoms with Gasteiger partial charge in [-0.3, -0.25) is 10.1 Å². The fourth-order valence-corrected chi connectivity index (χ4v) is 0.561. The maximum absolute atomic E-state index is 10.2. The number of rotatable bonds is 6. The molecule has 0 fully saturated rings. The van der Waals surface area contributed by atoms with Crippen molar-refractivity contribution in [2.75, 3.05) is 6.61 Å². The predicted molar refractivity (Wildman–Crippen MR) is 52.1 cm³/mol. The van der Waals surface area contributed by atoms with Crippen LogP contribution >= 0.6 is 0 Å². The Morgan fingerprint density at radius 1 is 1.57 bits per heavy atom. The van der Waals surface area contributed by atoms with Crippen LogP contribution in [-0.2, 0) is 4.74 Å². The van der Waals surface area contributed by atoms with Gasteiger partial charge in [-0.15, -0.1) is 0 Å². The van der Waals surface area contributed by atoms with Crippen LogP contribution in [-0.4, -0.2) is 16.6 Å². The third kappa shape index (κ3) is 4.10. The van der Waals surface area contributed by atoms with Crippen molar-refractivity contribution < 1.29 is 14.8 Å². The first-order chi connectivity index (χ1) is 6.49. The lowest BCUT2D eigenvalue weighted by atomic mass is 10.3. The first kappa shape index (κ1) is 12.0. The number of ether oxygens (including phenoxy) is 1. The predicted octanol–water partition coefficient (Wildman–Crippen LogP) is 1.93. The Balaban J connectivity index is 4.63. The lowest BCUT2D eigenvalue weighted by molar-refractivity contribution is -0.418. The Morgan fingerprint density at radius 3 is 2.50 bits per heavy atom. The van der Waals surface area contributed by atoms with Crippen molar-refractivity contribution in [2.24, 2.45) is 0 Å². The average Bonchev–Trinajstić information content (AvgIpc) is 2.10. The second-order valence-corrected chi connectivity index (χ2v) is 2.30. The molecule has 0 rings (SSSR count). The van der Waals surface area contributed by atoms with E-state index in [0.717, 1.165) is 6.08 Å². The van der Waals surface area contributed by atoms with Gasteiger partial charge in [-0.05, 0) is 6.58 Å². The highest BCUT2D eigenvalue weighted by Crippen LogP contribution is 2.09. The van der Waals surface area contributed by atoms with Crippen molar-refractivity contribution in [1.82, 2.24) is 0 Å². The van der Waals surface area contributed by atoms with E-state index in [0.29, 0.717) is 0 Å². The monoisotopic (exact) mass is 197 g/mol. The van der Waals surface area contributed by atoms with Crippen LogP contribution in [0.4, 0.5) is 0 Å². The van der Waals surface area contributed by atoms with Gasteiger partial charge < -0.3 is 9.84 Å². The molecule has 0 aromatic rings. The van der Waals surface area contributed by atoms with Gasteiger partial charge in [0.25, 0.3) is 5.70 Å². The summed E-state index contributed by atoms with van der Waals surface area (Å²) >= 11 is 0. The Kier molecular flexibility index (Phi) is 4.77. The summed E-state index contributed by atoms with van der Waals surface area (Å²) in [5.41, 5.74) is -0.390. The number of allylic oxidation sites excluding steroid dienone is 1. The van der Waals surface area contributed by atoms with Crippen LogP contribution in [0.3, 0.4) is 0 Å². The molecule has 0 spiro atoms. The summed E-state index contributed by atoms with van der Waals surface area (Å²) in [6.07, 6.45) is 2.43.